The Morgan fingerprint density at radius 3 is 3.04 bits per heavy atom. The molecule has 0 atom stereocenters. The lowest BCUT2D eigenvalue weighted by molar-refractivity contribution is -0.128. The molecule has 0 radical (unpaired) electrons. The minimum absolute atomic E-state index is 0.189. The van der Waals surface area contributed by atoms with Crippen LogP contribution in [0, 0.1) is 0 Å². The van der Waals surface area contributed by atoms with Crippen LogP contribution >= 0.6 is 11.5 Å². The number of likely N-dealkylation sites (tertiary alicyclic amines) is 1. The molecular weight excluding hydrogens is 312 g/mol. The zero-order valence-electron chi connectivity index (χ0n) is 12.9. The van der Waals surface area contributed by atoms with E-state index in [2.05, 4.69) is 14.9 Å². The maximum Gasteiger partial charge on any atom is 0.269 e. The Kier molecular flexibility index (Phi) is 4.66. The number of aryl methyl sites for hydroxylation is 1. The molecule has 120 valence electrons. The number of carbonyl (C=O) groups excluding carboxylic acids is 2. The van der Waals surface area contributed by atoms with Gasteiger partial charge in [-0.1, -0.05) is 23.5 Å². The van der Waals surface area contributed by atoms with Gasteiger partial charge in [-0.15, -0.1) is 5.10 Å². The molecule has 23 heavy (non-hydrogen) atoms. The average Bonchev–Trinajstić information content (AvgIpc) is 3.17. The zero-order chi connectivity index (χ0) is 16.2. The summed E-state index contributed by atoms with van der Waals surface area (Å²) < 4.78 is 3.84. The number of aromatic nitrogens is 2. The van der Waals surface area contributed by atoms with Crippen LogP contribution in [0.25, 0.3) is 0 Å². The van der Waals surface area contributed by atoms with Gasteiger partial charge >= 0.3 is 0 Å². The molecule has 1 aliphatic rings. The lowest BCUT2D eigenvalue weighted by Crippen LogP contribution is -2.23. The molecule has 0 saturated carbocycles. The summed E-state index contributed by atoms with van der Waals surface area (Å²) in [6.45, 7) is 3.34. The van der Waals surface area contributed by atoms with Gasteiger partial charge in [0, 0.05) is 25.2 Å². The Hall–Kier alpha value is -2.28. The predicted octanol–water partition coefficient (Wildman–Crippen LogP) is 2.48. The quantitative estimate of drug-likeness (QED) is 0.914. The zero-order valence-corrected chi connectivity index (χ0v) is 13.7. The Balaban J connectivity index is 1.70. The molecular formula is C16H18N4O2S. The fourth-order valence-corrected chi connectivity index (χ4v) is 3.28. The summed E-state index contributed by atoms with van der Waals surface area (Å²) in [5, 5.41) is 6.84. The van der Waals surface area contributed by atoms with Gasteiger partial charge in [-0.25, -0.2) is 0 Å². The smallest absolute Gasteiger partial charge is 0.269 e. The van der Waals surface area contributed by atoms with Gasteiger partial charge in [0.25, 0.3) is 5.91 Å². The normalized spacial score (nSPS) is 14.3. The molecule has 2 amide bonds. The van der Waals surface area contributed by atoms with Crippen LogP contribution in [0.5, 0.6) is 0 Å². The van der Waals surface area contributed by atoms with Crippen molar-refractivity contribution in [2.75, 3.05) is 11.9 Å². The molecule has 0 spiro atoms. The van der Waals surface area contributed by atoms with E-state index in [0.29, 0.717) is 30.0 Å². The highest BCUT2D eigenvalue weighted by Gasteiger charge is 2.20. The van der Waals surface area contributed by atoms with Gasteiger partial charge in [0.1, 0.15) is 4.88 Å². The number of hydrogen-bond donors (Lipinski definition) is 1. The third-order valence-corrected chi connectivity index (χ3v) is 4.59. The summed E-state index contributed by atoms with van der Waals surface area (Å²) in [5.74, 6) is 0.00834. The van der Waals surface area contributed by atoms with Crippen LogP contribution < -0.4 is 5.32 Å². The van der Waals surface area contributed by atoms with E-state index in [1.54, 1.807) is 0 Å². The molecule has 0 aliphatic carbocycles. The van der Waals surface area contributed by atoms with Crippen molar-refractivity contribution >= 4 is 29.0 Å². The summed E-state index contributed by atoms with van der Waals surface area (Å²) >= 11 is 1.11. The number of amides is 2. The number of rotatable bonds is 5. The van der Waals surface area contributed by atoms with E-state index in [4.69, 9.17) is 0 Å². The molecule has 1 aromatic carbocycles. The van der Waals surface area contributed by atoms with Crippen molar-refractivity contribution in [2.24, 2.45) is 0 Å². The number of nitrogens with zero attached hydrogens (tertiary/aromatic N) is 3. The van der Waals surface area contributed by atoms with Crippen molar-refractivity contribution in [2.45, 2.75) is 32.7 Å². The molecule has 7 heteroatoms. The van der Waals surface area contributed by atoms with Crippen molar-refractivity contribution in [3.05, 3.63) is 40.4 Å². The van der Waals surface area contributed by atoms with Crippen LogP contribution in [0.3, 0.4) is 0 Å². The second kappa shape index (κ2) is 6.87. The standard InChI is InChI=1S/C16H18N4O2S/c1-2-13-15(23-19-18-13)16(22)17-12-6-3-5-11(9-12)10-20-8-4-7-14(20)21/h3,5-6,9H,2,4,7-8,10H2,1H3,(H,17,22). The highest BCUT2D eigenvalue weighted by Crippen LogP contribution is 2.19. The third-order valence-electron chi connectivity index (χ3n) is 3.83. The van der Waals surface area contributed by atoms with Gasteiger partial charge in [-0.2, -0.15) is 0 Å². The Morgan fingerprint density at radius 1 is 1.43 bits per heavy atom. The van der Waals surface area contributed by atoms with Gasteiger partial charge in [-0.3, -0.25) is 9.59 Å². The number of carbonyl (C=O) groups is 2. The molecule has 0 unspecified atom stereocenters. The minimum Gasteiger partial charge on any atom is -0.338 e. The summed E-state index contributed by atoms with van der Waals surface area (Å²) in [4.78, 5) is 26.4. The first-order valence-electron chi connectivity index (χ1n) is 7.66. The van der Waals surface area contributed by atoms with Gasteiger partial charge in [0.15, 0.2) is 0 Å². The SMILES string of the molecule is CCc1nnsc1C(=O)Nc1cccc(CN2CCCC2=O)c1. The van der Waals surface area contributed by atoms with Crippen LogP contribution in [0.1, 0.15) is 40.7 Å². The van der Waals surface area contributed by atoms with E-state index in [9.17, 15) is 9.59 Å². The van der Waals surface area contributed by atoms with Crippen LogP contribution in [0.2, 0.25) is 0 Å². The van der Waals surface area contributed by atoms with E-state index < -0.39 is 0 Å². The highest BCUT2D eigenvalue weighted by molar-refractivity contribution is 7.08. The first-order chi connectivity index (χ1) is 11.2. The number of hydrogen-bond acceptors (Lipinski definition) is 5. The Morgan fingerprint density at radius 2 is 2.30 bits per heavy atom. The molecule has 2 heterocycles. The molecule has 2 aromatic rings. The molecule has 1 aromatic heterocycles. The van der Waals surface area contributed by atoms with E-state index in [1.807, 2.05) is 36.1 Å². The monoisotopic (exact) mass is 330 g/mol. The summed E-state index contributed by atoms with van der Waals surface area (Å²) in [7, 11) is 0. The fourth-order valence-electron chi connectivity index (χ4n) is 2.64. The number of nitrogens with one attached hydrogen (secondary N) is 1. The largest absolute Gasteiger partial charge is 0.338 e. The fraction of sp³-hybridized carbons (Fsp3) is 0.375. The van der Waals surface area contributed by atoms with Crippen molar-refractivity contribution in [1.82, 2.24) is 14.5 Å². The second-order valence-corrected chi connectivity index (χ2v) is 6.23. The van der Waals surface area contributed by atoms with Crippen LogP contribution in [-0.4, -0.2) is 32.8 Å². The molecule has 1 aliphatic heterocycles. The van der Waals surface area contributed by atoms with Crippen LogP contribution in [0.15, 0.2) is 24.3 Å². The van der Waals surface area contributed by atoms with Crippen molar-refractivity contribution < 1.29 is 9.59 Å². The highest BCUT2D eigenvalue weighted by atomic mass is 32.1. The van der Waals surface area contributed by atoms with E-state index in [1.165, 1.54) is 0 Å². The van der Waals surface area contributed by atoms with Crippen molar-refractivity contribution in [3.8, 4) is 0 Å². The molecule has 6 nitrogen and oxygen atoms in total. The predicted molar refractivity (Wildman–Crippen MR) is 88.3 cm³/mol. The summed E-state index contributed by atoms with van der Waals surface area (Å²) in [6, 6.07) is 7.60. The summed E-state index contributed by atoms with van der Waals surface area (Å²) in [6.07, 6.45) is 2.23. The maximum absolute atomic E-state index is 12.3. The maximum atomic E-state index is 12.3. The van der Waals surface area contributed by atoms with Crippen molar-refractivity contribution in [1.29, 1.82) is 0 Å². The van der Waals surface area contributed by atoms with E-state index in [0.717, 1.165) is 35.7 Å². The molecule has 1 saturated heterocycles. The Labute approximate surface area is 138 Å². The van der Waals surface area contributed by atoms with Gasteiger partial charge in [0.2, 0.25) is 5.91 Å². The van der Waals surface area contributed by atoms with E-state index >= 15 is 0 Å². The Bertz CT molecular complexity index is 728. The van der Waals surface area contributed by atoms with Crippen molar-refractivity contribution in [3.63, 3.8) is 0 Å². The van der Waals surface area contributed by atoms with E-state index in [-0.39, 0.29) is 11.8 Å². The number of anilines is 1. The van der Waals surface area contributed by atoms with Gasteiger partial charge < -0.3 is 10.2 Å². The third kappa shape index (κ3) is 3.56. The van der Waals surface area contributed by atoms with Gasteiger partial charge in [0.05, 0.1) is 5.69 Å². The number of benzene rings is 1. The lowest BCUT2D eigenvalue weighted by Gasteiger charge is -2.16. The van der Waals surface area contributed by atoms with Crippen LogP contribution in [0.4, 0.5) is 5.69 Å². The lowest BCUT2D eigenvalue weighted by atomic mass is 10.2. The molecule has 1 fully saturated rings. The average molecular weight is 330 g/mol. The minimum atomic E-state index is -0.189. The summed E-state index contributed by atoms with van der Waals surface area (Å²) in [5.41, 5.74) is 2.44. The second-order valence-electron chi connectivity index (χ2n) is 5.48. The first kappa shape index (κ1) is 15.6. The molecule has 0 bridgehead atoms. The first-order valence-corrected chi connectivity index (χ1v) is 8.44. The molecule has 1 N–H and O–H groups in total. The van der Waals surface area contributed by atoms with Crippen LogP contribution in [-0.2, 0) is 17.8 Å². The topological polar surface area (TPSA) is 75.2 Å². The molecule has 3 rings (SSSR count). The van der Waals surface area contributed by atoms with Gasteiger partial charge in [-0.05, 0) is 42.1 Å².